The summed E-state index contributed by atoms with van der Waals surface area (Å²) in [6.07, 6.45) is -1.05. The molecule has 0 aliphatic carbocycles. The van der Waals surface area contributed by atoms with Crippen LogP contribution in [0.2, 0.25) is 0 Å². The van der Waals surface area contributed by atoms with Gasteiger partial charge in [-0.2, -0.15) is 0 Å². The molecule has 1 aromatic heterocycles. The van der Waals surface area contributed by atoms with E-state index in [1.807, 2.05) is 0 Å². The first kappa shape index (κ1) is 19.2. The third kappa shape index (κ3) is 4.40. The Bertz CT molecular complexity index is 1030. The molecule has 0 unspecified atom stereocenters. The van der Waals surface area contributed by atoms with Crippen molar-refractivity contribution in [2.75, 3.05) is 12.4 Å². The van der Waals surface area contributed by atoms with Crippen LogP contribution in [0.4, 0.5) is 5.69 Å². The maximum absolute atomic E-state index is 12.2. The van der Waals surface area contributed by atoms with E-state index >= 15 is 0 Å². The van der Waals surface area contributed by atoms with Crippen LogP contribution in [0.3, 0.4) is 0 Å². The molecule has 0 saturated carbocycles. The molecule has 0 bridgehead atoms. The number of hydrogen-bond donors (Lipinski definition) is 1. The molecule has 1 N–H and O–H groups in total. The number of anilines is 1. The Morgan fingerprint density at radius 3 is 2.57 bits per heavy atom. The summed E-state index contributed by atoms with van der Waals surface area (Å²) in [5.74, 6) is -0.919. The van der Waals surface area contributed by atoms with Crippen molar-refractivity contribution in [3.8, 4) is 5.75 Å². The number of esters is 1. The highest BCUT2D eigenvalue weighted by Gasteiger charge is 2.19. The minimum Gasteiger partial charge on any atom is -0.497 e. The molecular formula is C20H20N2O6. The number of rotatable bonds is 7. The topological polar surface area (TPSA) is 99.8 Å². The van der Waals surface area contributed by atoms with Crippen molar-refractivity contribution in [2.24, 2.45) is 0 Å². The zero-order valence-corrected chi connectivity index (χ0v) is 15.5. The van der Waals surface area contributed by atoms with Crippen LogP contribution in [0.5, 0.6) is 5.75 Å². The summed E-state index contributed by atoms with van der Waals surface area (Å²) < 4.78 is 16.7. The smallest absolute Gasteiger partial charge is 0.419 e. The van der Waals surface area contributed by atoms with Gasteiger partial charge in [-0.3, -0.25) is 14.2 Å². The Labute approximate surface area is 160 Å². The Morgan fingerprint density at radius 2 is 1.86 bits per heavy atom. The zero-order valence-electron chi connectivity index (χ0n) is 15.5. The molecule has 0 aliphatic heterocycles. The van der Waals surface area contributed by atoms with Crippen molar-refractivity contribution in [3.05, 3.63) is 59.1 Å². The molecule has 146 valence electrons. The van der Waals surface area contributed by atoms with Crippen LogP contribution in [0, 0.1) is 0 Å². The SMILES string of the molecule is COc1ccc(NC(=O)[C@H](C)OC(=O)CCn2c(=O)oc3ccccc32)cc1. The van der Waals surface area contributed by atoms with Crippen molar-refractivity contribution in [1.29, 1.82) is 0 Å². The molecule has 0 aliphatic rings. The van der Waals surface area contributed by atoms with Gasteiger partial charge in [-0.15, -0.1) is 0 Å². The molecule has 0 fully saturated rings. The number of hydrogen-bond acceptors (Lipinski definition) is 6. The lowest BCUT2D eigenvalue weighted by atomic mass is 10.3. The van der Waals surface area contributed by atoms with Gasteiger partial charge in [-0.25, -0.2) is 4.79 Å². The molecule has 8 heteroatoms. The zero-order chi connectivity index (χ0) is 20.1. The monoisotopic (exact) mass is 384 g/mol. The second-order valence-corrected chi connectivity index (χ2v) is 6.09. The lowest BCUT2D eigenvalue weighted by molar-refractivity contribution is -0.153. The van der Waals surface area contributed by atoms with Crippen LogP contribution in [-0.2, 0) is 20.9 Å². The number of nitrogens with zero attached hydrogens (tertiary/aromatic N) is 1. The average Bonchev–Trinajstić information content (AvgIpc) is 3.01. The number of para-hydroxylation sites is 2. The summed E-state index contributed by atoms with van der Waals surface area (Å²) in [4.78, 5) is 36.1. The Kier molecular flexibility index (Phi) is 5.78. The van der Waals surface area contributed by atoms with E-state index in [0.717, 1.165) is 0 Å². The van der Waals surface area contributed by atoms with Crippen LogP contribution in [0.15, 0.2) is 57.7 Å². The van der Waals surface area contributed by atoms with Crippen LogP contribution in [-0.4, -0.2) is 29.7 Å². The van der Waals surface area contributed by atoms with Crippen LogP contribution < -0.4 is 15.8 Å². The lowest BCUT2D eigenvalue weighted by Gasteiger charge is -2.14. The Hall–Kier alpha value is -3.55. The Morgan fingerprint density at radius 1 is 1.14 bits per heavy atom. The summed E-state index contributed by atoms with van der Waals surface area (Å²) in [6.45, 7) is 1.58. The number of carbonyl (C=O) groups excluding carboxylic acids is 2. The number of benzene rings is 2. The fourth-order valence-electron chi connectivity index (χ4n) is 2.66. The second kappa shape index (κ2) is 8.43. The van der Waals surface area contributed by atoms with Gasteiger partial charge in [-0.1, -0.05) is 12.1 Å². The maximum Gasteiger partial charge on any atom is 0.419 e. The average molecular weight is 384 g/mol. The normalized spacial score (nSPS) is 11.8. The number of aryl methyl sites for hydroxylation is 1. The van der Waals surface area contributed by atoms with E-state index in [2.05, 4.69) is 5.32 Å². The second-order valence-electron chi connectivity index (χ2n) is 6.09. The molecule has 0 saturated heterocycles. The Balaban J connectivity index is 1.54. The van der Waals surface area contributed by atoms with Gasteiger partial charge in [0.25, 0.3) is 5.91 Å². The molecule has 28 heavy (non-hydrogen) atoms. The summed E-state index contributed by atoms with van der Waals surface area (Å²) in [6, 6.07) is 13.7. The number of methoxy groups -OCH3 is 1. The standard InChI is InChI=1S/C20H20N2O6/c1-13(19(24)21-14-7-9-15(26-2)10-8-14)27-18(23)11-12-22-16-5-3-4-6-17(16)28-20(22)25/h3-10,13H,11-12H2,1-2H3,(H,21,24)/t13-/m0/s1. The highest BCUT2D eigenvalue weighted by Crippen LogP contribution is 2.16. The van der Waals surface area contributed by atoms with E-state index in [9.17, 15) is 14.4 Å². The van der Waals surface area contributed by atoms with E-state index in [0.29, 0.717) is 22.5 Å². The molecule has 8 nitrogen and oxygen atoms in total. The fourth-order valence-corrected chi connectivity index (χ4v) is 2.66. The molecule has 3 rings (SSSR count). The molecular weight excluding hydrogens is 364 g/mol. The van der Waals surface area contributed by atoms with Crippen molar-refractivity contribution >= 4 is 28.7 Å². The minimum absolute atomic E-state index is 0.0659. The fraction of sp³-hybridized carbons (Fsp3) is 0.250. The van der Waals surface area contributed by atoms with Crippen molar-refractivity contribution in [2.45, 2.75) is 26.0 Å². The molecule has 3 aromatic rings. The number of nitrogens with one attached hydrogen (secondary N) is 1. The summed E-state index contributed by atoms with van der Waals surface area (Å²) in [5.41, 5.74) is 1.61. The van der Waals surface area contributed by atoms with Gasteiger partial charge in [-0.05, 0) is 43.3 Å². The van der Waals surface area contributed by atoms with Gasteiger partial charge in [0.05, 0.1) is 19.0 Å². The van der Waals surface area contributed by atoms with Crippen LogP contribution in [0.1, 0.15) is 13.3 Å². The predicted octanol–water partition coefficient (Wildman–Crippen LogP) is 2.56. The predicted molar refractivity (Wildman–Crippen MR) is 102 cm³/mol. The van der Waals surface area contributed by atoms with E-state index in [1.54, 1.807) is 55.6 Å². The first-order chi connectivity index (χ1) is 13.5. The van der Waals surface area contributed by atoms with Gasteiger partial charge in [0, 0.05) is 12.2 Å². The summed E-state index contributed by atoms with van der Waals surface area (Å²) >= 11 is 0. The quantitative estimate of drug-likeness (QED) is 0.629. The number of carbonyl (C=O) groups is 2. The summed E-state index contributed by atoms with van der Waals surface area (Å²) in [7, 11) is 1.55. The third-order valence-corrected chi connectivity index (χ3v) is 4.15. The molecule has 0 spiro atoms. The number of fused-ring (bicyclic) bond motifs is 1. The molecule has 1 atom stereocenters. The van der Waals surface area contributed by atoms with Crippen molar-refractivity contribution < 1.29 is 23.5 Å². The summed E-state index contributed by atoms with van der Waals surface area (Å²) in [5, 5.41) is 2.66. The largest absolute Gasteiger partial charge is 0.497 e. The van der Waals surface area contributed by atoms with Gasteiger partial charge < -0.3 is 19.2 Å². The molecule has 0 radical (unpaired) electrons. The minimum atomic E-state index is -0.979. The van der Waals surface area contributed by atoms with Crippen LogP contribution in [0.25, 0.3) is 11.1 Å². The molecule has 2 aromatic carbocycles. The van der Waals surface area contributed by atoms with Crippen LogP contribution >= 0.6 is 0 Å². The first-order valence-corrected chi connectivity index (χ1v) is 8.70. The van der Waals surface area contributed by atoms with E-state index in [-0.39, 0.29) is 13.0 Å². The lowest BCUT2D eigenvalue weighted by Crippen LogP contribution is -2.30. The van der Waals surface area contributed by atoms with Crippen molar-refractivity contribution in [3.63, 3.8) is 0 Å². The number of ether oxygens (including phenoxy) is 2. The number of aromatic nitrogens is 1. The highest BCUT2D eigenvalue weighted by molar-refractivity contribution is 5.95. The number of oxazole rings is 1. The molecule has 1 heterocycles. The van der Waals surface area contributed by atoms with E-state index < -0.39 is 23.7 Å². The highest BCUT2D eigenvalue weighted by atomic mass is 16.5. The maximum atomic E-state index is 12.2. The molecule has 1 amide bonds. The van der Waals surface area contributed by atoms with E-state index in [4.69, 9.17) is 13.9 Å². The first-order valence-electron chi connectivity index (χ1n) is 8.70. The number of amides is 1. The van der Waals surface area contributed by atoms with E-state index in [1.165, 1.54) is 11.5 Å². The van der Waals surface area contributed by atoms with Gasteiger partial charge in [0.1, 0.15) is 5.75 Å². The van der Waals surface area contributed by atoms with Gasteiger partial charge in [0.15, 0.2) is 11.7 Å². The third-order valence-electron chi connectivity index (χ3n) is 4.15. The van der Waals surface area contributed by atoms with Gasteiger partial charge in [0.2, 0.25) is 0 Å². The van der Waals surface area contributed by atoms with Crippen molar-refractivity contribution in [1.82, 2.24) is 4.57 Å². The van der Waals surface area contributed by atoms with Gasteiger partial charge >= 0.3 is 11.7 Å².